The van der Waals surface area contributed by atoms with Crippen LogP contribution in [0.1, 0.15) is 22.3 Å². The quantitative estimate of drug-likeness (QED) is 0.406. The number of aromatic nitrogens is 1. The third-order valence-electron chi connectivity index (χ3n) is 5.15. The zero-order valence-electron chi connectivity index (χ0n) is 19.4. The zero-order chi connectivity index (χ0) is 26.4. The van der Waals surface area contributed by atoms with Gasteiger partial charge in [0.2, 0.25) is 0 Å². The fourth-order valence-corrected chi connectivity index (χ4v) is 4.22. The molecule has 2 aromatic carbocycles. The molecule has 0 radical (unpaired) electrons. The average Bonchev–Trinajstić information content (AvgIpc) is 3.23. The number of nitrogens with one attached hydrogen (secondary N) is 1. The SMILES string of the molecule is COc1cc(/C=C2/SC(=NCCc3cccnc3)NC2=O)ccc1Oc1ccc(C#N)cc1C(F)(F)F. The van der Waals surface area contributed by atoms with Crippen molar-refractivity contribution in [1.29, 1.82) is 5.26 Å². The minimum atomic E-state index is -4.72. The molecule has 0 saturated carbocycles. The van der Waals surface area contributed by atoms with Gasteiger partial charge in [-0.25, -0.2) is 0 Å². The van der Waals surface area contributed by atoms with Crippen LogP contribution in [0.2, 0.25) is 0 Å². The Bertz CT molecular complexity index is 1420. The number of benzene rings is 2. The van der Waals surface area contributed by atoms with Gasteiger partial charge in [-0.1, -0.05) is 12.1 Å². The summed E-state index contributed by atoms with van der Waals surface area (Å²) in [4.78, 5) is 21.3. The molecule has 37 heavy (non-hydrogen) atoms. The van der Waals surface area contributed by atoms with Crippen molar-refractivity contribution >= 4 is 28.9 Å². The number of thioether (sulfide) groups is 1. The number of rotatable bonds is 7. The maximum Gasteiger partial charge on any atom is 0.420 e. The van der Waals surface area contributed by atoms with Crippen molar-refractivity contribution in [2.24, 2.45) is 4.99 Å². The molecule has 1 aromatic heterocycles. The van der Waals surface area contributed by atoms with E-state index in [1.165, 1.54) is 31.0 Å². The molecule has 7 nitrogen and oxygen atoms in total. The first-order valence-electron chi connectivity index (χ1n) is 10.9. The first kappa shape index (κ1) is 25.8. The normalized spacial score (nSPS) is 15.5. The number of amidine groups is 1. The number of hydrogen-bond acceptors (Lipinski definition) is 7. The first-order chi connectivity index (χ1) is 17.8. The number of carbonyl (C=O) groups excluding carboxylic acids is 1. The van der Waals surface area contributed by atoms with Crippen molar-refractivity contribution in [2.75, 3.05) is 13.7 Å². The highest BCUT2D eigenvalue weighted by Crippen LogP contribution is 2.41. The van der Waals surface area contributed by atoms with E-state index in [-0.39, 0.29) is 23.0 Å². The van der Waals surface area contributed by atoms with Crippen LogP contribution in [0.15, 0.2) is 70.8 Å². The van der Waals surface area contributed by atoms with E-state index in [0.29, 0.717) is 28.6 Å². The van der Waals surface area contributed by atoms with Crippen LogP contribution in [0.5, 0.6) is 17.2 Å². The smallest absolute Gasteiger partial charge is 0.420 e. The number of ether oxygens (including phenoxy) is 2. The standard InChI is InChI=1S/C26H19F3N4O3S/c1-35-22-12-17(4-7-21(22)36-20-6-5-18(14-30)11-19(20)26(27,28)29)13-23-24(34)33-25(37-23)32-10-8-16-3-2-9-31-15-16/h2-7,9,11-13,15H,8,10H2,1H3,(H,32,33,34)/b23-13+. The maximum atomic E-state index is 13.5. The monoisotopic (exact) mass is 524 g/mol. The van der Waals surface area contributed by atoms with E-state index in [4.69, 9.17) is 14.7 Å². The van der Waals surface area contributed by atoms with Crippen LogP contribution in [0.4, 0.5) is 13.2 Å². The molecule has 188 valence electrons. The van der Waals surface area contributed by atoms with Crippen LogP contribution in [-0.2, 0) is 17.4 Å². The molecule has 0 spiro atoms. The Morgan fingerprint density at radius 1 is 1.16 bits per heavy atom. The van der Waals surface area contributed by atoms with Crippen LogP contribution in [0.3, 0.4) is 0 Å². The van der Waals surface area contributed by atoms with E-state index in [0.717, 1.165) is 17.7 Å². The lowest BCUT2D eigenvalue weighted by Crippen LogP contribution is -2.20. The van der Waals surface area contributed by atoms with Crippen LogP contribution < -0.4 is 14.8 Å². The van der Waals surface area contributed by atoms with Crippen LogP contribution in [-0.4, -0.2) is 29.7 Å². The minimum absolute atomic E-state index is 0.0426. The number of halogens is 3. The molecule has 2 heterocycles. The summed E-state index contributed by atoms with van der Waals surface area (Å²) in [5, 5.41) is 12.1. The Labute approximate surface area is 214 Å². The van der Waals surface area contributed by atoms with Crippen LogP contribution in [0.25, 0.3) is 6.08 Å². The highest BCUT2D eigenvalue weighted by Gasteiger charge is 2.35. The summed E-state index contributed by atoms with van der Waals surface area (Å²) in [6, 6.07) is 13.1. The Kier molecular flexibility index (Phi) is 7.79. The van der Waals surface area contributed by atoms with E-state index in [1.807, 2.05) is 12.1 Å². The molecule has 0 unspecified atom stereocenters. The fourth-order valence-electron chi connectivity index (χ4n) is 3.37. The van der Waals surface area contributed by atoms with Crippen molar-refractivity contribution in [1.82, 2.24) is 10.3 Å². The molecule has 1 amide bonds. The van der Waals surface area contributed by atoms with Gasteiger partial charge in [0.25, 0.3) is 5.91 Å². The number of carbonyl (C=O) groups is 1. The molecule has 3 aromatic rings. The predicted octanol–water partition coefficient (Wildman–Crippen LogP) is 5.58. The second-order valence-corrected chi connectivity index (χ2v) is 8.73. The van der Waals surface area contributed by atoms with E-state index >= 15 is 0 Å². The van der Waals surface area contributed by atoms with Crippen LogP contribution in [0, 0.1) is 11.3 Å². The molecule has 1 aliphatic rings. The topological polar surface area (TPSA) is 96.6 Å². The predicted molar refractivity (Wildman–Crippen MR) is 133 cm³/mol. The largest absolute Gasteiger partial charge is 0.493 e. The average molecular weight is 525 g/mol. The molecule has 4 rings (SSSR count). The molecule has 0 bridgehead atoms. The zero-order valence-corrected chi connectivity index (χ0v) is 20.2. The van der Waals surface area contributed by atoms with E-state index in [2.05, 4.69) is 15.3 Å². The van der Waals surface area contributed by atoms with Gasteiger partial charge in [0.05, 0.1) is 29.2 Å². The van der Waals surface area contributed by atoms with E-state index < -0.39 is 17.5 Å². The molecule has 0 aliphatic carbocycles. The van der Waals surface area contributed by atoms with Gasteiger partial charge in [-0.3, -0.25) is 14.8 Å². The van der Waals surface area contributed by atoms with Crippen LogP contribution >= 0.6 is 11.8 Å². The molecule has 1 fully saturated rings. The van der Waals surface area contributed by atoms with Gasteiger partial charge in [-0.2, -0.15) is 18.4 Å². The van der Waals surface area contributed by atoms with Gasteiger partial charge in [0.1, 0.15) is 5.75 Å². The highest BCUT2D eigenvalue weighted by atomic mass is 32.2. The Morgan fingerprint density at radius 2 is 1.97 bits per heavy atom. The number of alkyl halides is 3. The summed E-state index contributed by atoms with van der Waals surface area (Å²) in [6.45, 7) is 0.483. The Hall–Kier alpha value is -4.30. The molecule has 1 aliphatic heterocycles. The van der Waals surface area contributed by atoms with Crippen molar-refractivity contribution in [3.63, 3.8) is 0 Å². The number of nitriles is 1. The number of amides is 1. The van der Waals surface area contributed by atoms with Gasteiger partial charge in [0, 0.05) is 18.9 Å². The van der Waals surface area contributed by atoms with Gasteiger partial charge >= 0.3 is 6.18 Å². The number of methoxy groups -OCH3 is 1. The lowest BCUT2D eigenvalue weighted by atomic mass is 10.1. The lowest BCUT2D eigenvalue weighted by molar-refractivity contribution is -0.138. The van der Waals surface area contributed by atoms with Crippen molar-refractivity contribution < 1.29 is 27.4 Å². The number of pyridine rings is 1. The van der Waals surface area contributed by atoms with Crippen molar-refractivity contribution in [3.05, 3.63) is 88.1 Å². The summed E-state index contributed by atoms with van der Waals surface area (Å²) in [5.74, 6) is -0.563. The molecular weight excluding hydrogens is 505 g/mol. The second kappa shape index (κ2) is 11.2. The Morgan fingerprint density at radius 3 is 2.68 bits per heavy atom. The van der Waals surface area contributed by atoms with Gasteiger partial charge in [-0.05, 0) is 71.8 Å². The summed E-state index contributed by atoms with van der Waals surface area (Å²) in [7, 11) is 1.35. The number of hydrogen-bond donors (Lipinski definition) is 1. The lowest BCUT2D eigenvalue weighted by Gasteiger charge is -2.16. The third-order valence-corrected chi connectivity index (χ3v) is 6.10. The maximum absolute atomic E-state index is 13.5. The van der Waals surface area contributed by atoms with Gasteiger partial charge < -0.3 is 14.8 Å². The molecule has 11 heteroatoms. The summed E-state index contributed by atoms with van der Waals surface area (Å²) < 4.78 is 51.3. The summed E-state index contributed by atoms with van der Waals surface area (Å²) in [6.07, 6.45) is 1.04. The van der Waals surface area contributed by atoms with Crippen molar-refractivity contribution in [3.8, 4) is 23.3 Å². The first-order valence-corrected chi connectivity index (χ1v) is 11.7. The van der Waals surface area contributed by atoms with Crippen molar-refractivity contribution in [2.45, 2.75) is 12.6 Å². The molecule has 0 atom stereocenters. The van der Waals surface area contributed by atoms with Gasteiger partial charge in [-0.15, -0.1) is 0 Å². The molecular formula is C26H19F3N4O3S. The van der Waals surface area contributed by atoms with E-state index in [1.54, 1.807) is 36.7 Å². The number of aliphatic imine (C=N–C) groups is 1. The van der Waals surface area contributed by atoms with Gasteiger partial charge in [0.15, 0.2) is 16.7 Å². The highest BCUT2D eigenvalue weighted by molar-refractivity contribution is 8.18. The minimum Gasteiger partial charge on any atom is -0.493 e. The summed E-state index contributed by atoms with van der Waals surface area (Å²) >= 11 is 1.19. The number of nitrogens with zero attached hydrogens (tertiary/aromatic N) is 3. The Balaban J connectivity index is 1.50. The molecule has 1 saturated heterocycles. The van der Waals surface area contributed by atoms with E-state index in [9.17, 15) is 18.0 Å². The molecule has 1 N–H and O–H groups in total. The second-order valence-electron chi connectivity index (χ2n) is 7.70. The third kappa shape index (κ3) is 6.48. The summed E-state index contributed by atoms with van der Waals surface area (Å²) in [5.41, 5.74) is 0.402. The fraction of sp³-hybridized carbons (Fsp3) is 0.154.